The third-order valence-corrected chi connectivity index (χ3v) is 4.39. The normalized spacial score (nSPS) is 10.5. The van der Waals surface area contributed by atoms with E-state index in [-0.39, 0.29) is 5.91 Å². The Morgan fingerprint density at radius 2 is 1.79 bits per heavy atom. The standard InChI is InChI=1S/C21H27NO2/c1-6-17-11-16(5)20(12-15(17)4)24-13-18-14(3)9-8-10-19(18)22-21(23)7-2/h8-12H,6-7,13H2,1-5H3,(H,22,23). The number of benzene rings is 2. The number of carbonyl (C=O) groups is 1. The quantitative estimate of drug-likeness (QED) is 0.802. The molecule has 2 aromatic carbocycles. The van der Waals surface area contributed by atoms with Crippen LogP contribution < -0.4 is 10.1 Å². The second kappa shape index (κ2) is 8.00. The van der Waals surface area contributed by atoms with E-state index >= 15 is 0 Å². The van der Waals surface area contributed by atoms with Crippen molar-refractivity contribution in [3.05, 3.63) is 58.1 Å². The van der Waals surface area contributed by atoms with E-state index in [0.717, 1.165) is 34.5 Å². The number of carbonyl (C=O) groups excluding carboxylic acids is 1. The molecule has 0 saturated carbocycles. The molecule has 0 bridgehead atoms. The molecule has 2 rings (SSSR count). The molecule has 0 aromatic heterocycles. The fourth-order valence-corrected chi connectivity index (χ4v) is 2.79. The number of hydrogen-bond donors (Lipinski definition) is 1. The highest BCUT2D eigenvalue weighted by molar-refractivity contribution is 5.91. The van der Waals surface area contributed by atoms with Gasteiger partial charge in [0.15, 0.2) is 0 Å². The number of ether oxygens (including phenoxy) is 1. The number of anilines is 1. The van der Waals surface area contributed by atoms with Crippen LogP contribution >= 0.6 is 0 Å². The lowest BCUT2D eigenvalue weighted by Gasteiger charge is -2.16. The van der Waals surface area contributed by atoms with Gasteiger partial charge in [-0.25, -0.2) is 0 Å². The maximum Gasteiger partial charge on any atom is 0.224 e. The van der Waals surface area contributed by atoms with Gasteiger partial charge in [-0.05, 0) is 61.6 Å². The average Bonchev–Trinajstić information content (AvgIpc) is 2.56. The molecule has 3 heteroatoms. The van der Waals surface area contributed by atoms with Crippen molar-refractivity contribution in [2.24, 2.45) is 0 Å². The van der Waals surface area contributed by atoms with E-state index in [4.69, 9.17) is 4.74 Å². The van der Waals surface area contributed by atoms with Gasteiger partial charge in [-0.15, -0.1) is 0 Å². The van der Waals surface area contributed by atoms with Crippen LogP contribution in [0.5, 0.6) is 5.75 Å². The first-order valence-corrected chi connectivity index (χ1v) is 8.57. The largest absolute Gasteiger partial charge is 0.489 e. The van der Waals surface area contributed by atoms with E-state index in [1.807, 2.05) is 32.0 Å². The zero-order valence-electron chi connectivity index (χ0n) is 15.3. The van der Waals surface area contributed by atoms with Gasteiger partial charge in [0.05, 0.1) is 0 Å². The van der Waals surface area contributed by atoms with Gasteiger partial charge >= 0.3 is 0 Å². The Morgan fingerprint density at radius 1 is 1.04 bits per heavy atom. The predicted octanol–water partition coefficient (Wildman–Crippen LogP) is 5.10. The summed E-state index contributed by atoms with van der Waals surface area (Å²) in [5, 5.41) is 2.96. The van der Waals surface area contributed by atoms with Gasteiger partial charge in [0.2, 0.25) is 5.91 Å². The topological polar surface area (TPSA) is 38.3 Å². The Kier molecular flexibility index (Phi) is 6.02. The van der Waals surface area contributed by atoms with Crippen molar-refractivity contribution < 1.29 is 9.53 Å². The summed E-state index contributed by atoms with van der Waals surface area (Å²) < 4.78 is 6.09. The van der Waals surface area contributed by atoms with Crippen LogP contribution in [0.15, 0.2) is 30.3 Å². The van der Waals surface area contributed by atoms with E-state index in [1.165, 1.54) is 11.1 Å². The fourth-order valence-electron chi connectivity index (χ4n) is 2.79. The second-order valence-corrected chi connectivity index (χ2v) is 6.19. The highest BCUT2D eigenvalue weighted by Crippen LogP contribution is 2.26. The number of nitrogens with one attached hydrogen (secondary N) is 1. The molecule has 0 aliphatic heterocycles. The molecule has 0 saturated heterocycles. The summed E-state index contributed by atoms with van der Waals surface area (Å²) in [6.45, 7) is 10.7. The molecule has 1 N–H and O–H groups in total. The third-order valence-electron chi connectivity index (χ3n) is 4.39. The molecule has 3 nitrogen and oxygen atoms in total. The van der Waals surface area contributed by atoms with Crippen molar-refractivity contribution in [2.45, 2.75) is 54.1 Å². The van der Waals surface area contributed by atoms with Crippen molar-refractivity contribution in [3.8, 4) is 5.75 Å². The molecule has 0 heterocycles. The maximum absolute atomic E-state index is 11.7. The summed E-state index contributed by atoms with van der Waals surface area (Å²) in [6, 6.07) is 10.2. The zero-order valence-corrected chi connectivity index (χ0v) is 15.3. The molecule has 0 atom stereocenters. The highest BCUT2D eigenvalue weighted by Gasteiger charge is 2.11. The molecule has 24 heavy (non-hydrogen) atoms. The molecule has 1 amide bonds. The summed E-state index contributed by atoms with van der Waals surface area (Å²) in [5.41, 5.74) is 6.72. The van der Waals surface area contributed by atoms with Crippen LogP contribution in [0, 0.1) is 20.8 Å². The van der Waals surface area contributed by atoms with E-state index in [9.17, 15) is 4.79 Å². The Hall–Kier alpha value is -2.29. The number of aryl methyl sites for hydroxylation is 4. The molecule has 0 aliphatic carbocycles. The Bertz CT molecular complexity index is 735. The van der Waals surface area contributed by atoms with Gasteiger partial charge in [0, 0.05) is 17.7 Å². The van der Waals surface area contributed by atoms with Crippen molar-refractivity contribution >= 4 is 11.6 Å². The first-order valence-electron chi connectivity index (χ1n) is 8.57. The highest BCUT2D eigenvalue weighted by atomic mass is 16.5. The maximum atomic E-state index is 11.7. The summed E-state index contributed by atoms with van der Waals surface area (Å²) >= 11 is 0. The first-order chi connectivity index (χ1) is 11.5. The lowest BCUT2D eigenvalue weighted by Crippen LogP contribution is -2.13. The minimum Gasteiger partial charge on any atom is -0.489 e. The monoisotopic (exact) mass is 325 g/mol. The van der Waals surface area contributed by atoms with Crippen LogP contribution in [0.2, 0.25) is 0 Å². The van der Waals surface area contributed by atoms with Crippen LogP contribution in [0.1, 0.15) is 48.1 Å². The van der Waals surface area contributed by atoms with Crippen molar-refractivity contribution in [1.29, 1.82) is 0 Å². The zero-order chi connectivity index (χ0) is 17.7. The molecular weight excluding hydrogens is 298 g/mol. The molecule has 128 valence electrons. The SMILES string of the molecule is CCC(=O)Nc1cccc(C)c1COc1cc(C)c(CC)cc1C. The van der Waals surface area contributed by atoms with Gasteiger partial charge in [0.1, 0.15) is 12.4 Å². The molecule has 0 spiro atoms. The smallest absolute Gasteiger partial charge is 0.224 e. The summed E-state index contributed by atoms with van der Waals surface area (Å²) in [6.07, 6.45) is 1.49. The fraction of sp³-hybridized carbons (Fsp3) is 0.381. The first kappa shape index (κ1) is 18.1. The lowest BCUT2D eigenvalue weighted by molar-refractivity contribution is -0.115. The van der Waals surface area contributed by atoms with Gasteiger partial charge in [0.25, 0.3) is 0 Å². The number of rotatable bonds is 6. The van der Waals surface area contributed by atoms with Gasteiger partial charge in [-0.1, -0.05) is 32.0 Å². The van der Waals surface area contributed by atoms with Crippen LogP contribution in [0.25, 0.3) is 0 Å². The molecular formula is C21H27NO2. The van der Waals surface area contributed by atoms with Crippen molar-refractivity contribution in [3.63, 3.8) is 0 Å². The van der Waals surface area contributed by atoms with Gasteiger partial charge in [-0.3, -0.25) is 4.79 Å². The van der Waals surface area contributed by atoms with Crippen LogP contribution in [0.3, 0.4) is 0 Å². The van der Waals surface area contributed by atoms with E-state index < -0.39 is 0 Å². The van der Waals surface area contributed by atoms with E-state index in [0.29, 0.717) is 13.0 Å². The Morgan fingerprint density at radius 3 is 2.46 bits per heavy atom. The minimum atomic E-state index is 0.0150. The summed E-state index contributed by atoms with van der Waals surface area (Å²) in [5.74, 6) is 0.918. The summed E-state index contributed by atoms with van der Waals surface area (Å²) in [4.78, 5) is 11.7. The van der Waals surface area contributed by atoms with E-state index in [1.54, 1.807) is 0 Å². The number of hydrogen-bond acceptors (Lipinski definition) is 2. The van der Waals surface area contributed by atoms with Gasteiger partial charge < -0.3 is 10.1 Å². The average molecular weight is 325 g/mol. The van der Waals surface area contributed by atoms with Crippen molar-refractivity contribution in [1.82, 2.24) is 0 Å². The minimum absolute atomic E-state index is 0.0150. The molecule has 0 fully saturated rings. The number of amides is 1. The Labute approximate surface area is 145 Å². The van der Waals surface area contributed by atoms with Crippen LogP contribution in [0.4, 0.5) is 5.69 Å². The van der Waals surface area contributed by atoms with Crippen molar-refractivity contribution in [2.75, 3.05) is 5.32 Å². The molecule has 2 aromatic rings. The van der Waals surface area contributed by atoms with E-state index in [2.05, 4.69) is 38.2 Å². The summed E-state index contributed by atoms with van der Waals surface area (Å²) in [7, 11) is 0. The van der Waals surface area contributed by atoms with Crippen LogP contribution in [-0.4, -0.2) is 5.91 Å². The van der Waals surface area contributed by atoms with Gasteiger partial charge in [-0.2, -0.15) is 0 Å². The lowest BCUT2D eigenvalue weighted by atomic mass is 10.0. The Balaban J connectivity index is 2.23. The predicted molar refractivity (Wildman–Crippen MR) is 99.7 cm³/mol. The molecule has 0 unspecified atom stereocenters. The molecule has 0 aliphatic rings. The third kappa shape index (κ3) is 4.16. The second-order valence-electron chi connectivity index (χ2n) is 6.19. The van der Waals surface area contributed by atoms with Crippen LogP contribution in [-0.2, 0) is 17.8 Å². The molecule has 0 radical (unpaired) electrons.